The monoisotopic (exact) mass is 248 g/mol. The van der Waals surface area contributed by atoms with Gasteiger partial charge in [0.25, 0.3) is 0 Å². The van der Waals surface area contributed by atoms with Gasteiger partial charge in [0.15, 0.2) is 4.87 Å². The second-order valence-electron chi connectivity index (χ2n) is 5.35. The van der Waals surface area contributed by atoms with E-state index in [0.717, 1.165) is 24.8 Å². The zero-order chi connectivity index (χ0) is 11.7. The molecule has 0 amide bonds. The summed E-state index contributed by atoms with van der Waals surface area (Å²) in [5.41, 5.74) is 0.718. The van der Waals surface area contributed by atoms with E-state index in [9.17, 15) is 4.79 Å². The van der Waals surface area contributed by atoms with Gasteiger partial charge in [-0.05, 0) is 18.4 Å². The highest BCUT2D eigenvalue weighted by Gasteiger charge is 2.83. The summed E-state index contributed by atoms with van der Waals surface area (Å²) < 4.78 is 5.71. The standard InChI is InChI=1S/C14H13ClO2/c15-13-10-7-4-8-11(13)14(10,17-12(13)16)9-5-2-1-3-6-9/h1-3,5-6,10-11H,4,7-8H2/t10-,11-,13?,14?/m0/s1. The Kier molecular flexibility index (Phi) is 1.68. The van der Waals surface area contributed by atoms with Crippen LogP contribution in [0.15, 0.2) is 30.3 Å². The first-order chi connectivity index (χ1) is 8.20. The van der Waals surface area contributed by atoms with Crippen molar-refractivity contribution in [2.75, 3.05) is 0 Å². The molecule has 2 aliphatic carbocycles. The summed E-state index contributed by atoms with van der Waals surface area (Å²) in [6.45, 7) is 0. The molecule has 2 nitrogen and oxygen atoms in total. The molecule has 17 heavy (non-hydrogen) atoms. The molecule has 2 saturated heterocycles. The molecule has 0 radical (unpaired) electrons. The summed E-state index contributed by atoms with van der Waals surface area (Å²) in [6, 6.07) is 10.1. The van der Waals surface area contributed by atoms with Gasteiger partial charge in [-0.1, -0.05) is 36.8 Å². The molecule has 0 aromatic heterocycles. The lowest BCUT2D eigenvalue weighted by atomic mass is 9.47. The number of rotatable bonds is 1. The minimum Gasteiger partial charge on any atom is -0.452 e. The van der Waals surface area contributed by atoms with Crippen LogP contribution in [0, 0.1) is 11.8 Å². The molecule has 2 atom stereocenters. The van der Waals surface area contributed by atoms with Crippen molar-refractivity contribution in [3.8, 4) is 0 Å². The zero-order valence-electron chi connectivity index (χ0n) is 9.36. The maximum Gasteiger partial charge on any atom is 0.329 e. The fraction of sp³-hybridized carbons (Fsp3) is 0.500. The average Bonchev–Trinajstić information content (AvgIpc) is 2.77. The van der Waals surface area contributed by atoms with E-state index in [-0.39, 0.29) is 17.8 Å². The summed E-state index contributed by atoms with van der Waals surface area (Å²) >= 11 is 6.52. The molecule has 1 aromatic rings. The number of benzene rings is 1. The molecule has 2 aliphatic heterocycles. The Morgan fingerprint density at radius 1 is 1.18 bits per heavy atom. The van der Waals surface area contributed by atoms with E-state index >= 15 is 0 Å². The van der Waals surface area contributed by atoms with Crippen molar-refractivity contribution >= 4 is 17.6 Å². The Morgan fingerprint density at radius 3 is 2.47 bits per heavy atom. The van der Waals surface area contributed by atoms with Gasteiger partial charge in [-0.3, -0.25) is 4.79 Å². The topological polar surface area (TPSA) is 26.3 Å². The number of ether oxygens (including phenoxy) is 1. The first-order valence-electron chi connectivity index (χ1n) is 6.18. The molecule has 0 N–H and O–H groups in total. The molecule has 4 aliphatic rings. The van der Waals surface area contributed by atoms with Gasteiger partial charge in [0.05, 0.1) is 0 Å². The minimum atomic E-state index is -0.714. The van der Waals surface area contributed by atoms with Crippen LogP contribution in [0.3, 0.4) is 0 Å². The Labute approximate surface area is 105 Å². The van der Waals surface area contributed by atoms with Gasteiger partial charge in [0.2, 0.25) is 0 Å². The Hall–Kier alpha value is -1.02. The van der Waals surface area contributed by atoms with Gasteiger partial charge in [0, 0.05) is 11.8 Å². The zero-order valence-corrected chi connectivity index (χ0v) is 10.1. The summed E-state index contributed by atoms with van der Waals surface area (Å²) in [5, 5.41) is 0. The van der Waals surface area contributed by atoms with Crippen LogP contribution < -0.4 is 0 Å². The maximum atomic E-state index is 12.0. The Morgan fingerprint density at radius 2 is 1.82 bits per heavy atom. The number of carbonyl (C=O) groups excluding carboxylic acids is 1. The highest BCUT2D eigenvalue weighted by atomic mass is 35.5. The summed E-state index contributed by atoms with van der Waals surface area (Å²) in [7, 11) is 0. The summed E-state index contributed by atoms with van der Waals surface area (Å²) in [4.78, 5) is 11.3. The number of carbonyl (C=O) groups is 1. The number of fused-ring (bicyclic) bond motifs is 1. The maximum absolute atomic E-state index is 12.0. The normalized spacial score (nSPS) is 46.3. The third-order valence-corrected chi connectivity index (χ3v) is 5.52. The minimum absolute atomic E-state index is 0.172. The number of halogens is 1. The fourth-order valence-electron chi connectivity index (χ4n) is 4.21. The SMILES string of the molecule is O=C1OC2(c3ccccc3)[C@H]3CCC[C@H]2C13Cl. The average molecular weight is 249 g/mol. The van der Waals surface area contributed by atoms with Crippen LogP contribution in [-0.2, 0) is 15.1 Å². The van der Waals surface area contributed by atoms with Crippen LogP contribution in [0.2, 0.25) is 0 Å². The van der Waals surface area contributed by atoms with Crippen molar-refractivity contribution in [2.24, 2.45) is 11.8 Å². The quantitative estimate of drug-likeness (QED) is 0.564. The molecule has 2 heterocycles. The molecule has 5 rings (SSSR count). The highest BCUT2D eigenvalue weighted by molar-refractivity contribution is 6.37. The third kappa shape index (κ3) is 0.866. The predicted octanol–water partition coefficient (Wildman–Crippen LogP) is 2.85. The molecule has 2 saturated carbocycles. The van der Waals surface area contributed by atoms with Crippen LogP contribution in [0.25, 0.3) is 0 Å². The van der Waals surface area contributed by atoms with Crippen LogP contribution in [0.5, 0.6) is 0 Å². The lowest BCUT2D eigenvalue weighted by molar-refractivity contribution is -0.154. The number of hydrogen-bond donors (Lipinski definition) is 0. The molecular formula is C14H13ClO2. The number of hydrogen-bond acceptors (Lipinski definition) is 2. The first kappa shape index (κ1) is 9.95. The second-order valence-corrected chi connectivity index (χ2v) is 5.98. The lowest BCUT2D eigenvalue weighted by Gasteiger charge is -2.58. The first-order valence-corrected chi connectivity index (χ1v) is 6.56. The Balaban J connectivity index is 1.89. The van der Waals surface area contributed by atoms with Crippen molar-refractivity contribution in [3.05, 3.63) is 35.9 Å². The molecule has 3 heteroatoms. The van der Waals surface area contributed by atoms with Crippen molar-refractivity contribution in [1.82, 2.24) is 0 Å². The van der Waals surface area contributed by atoms with Crippen molar-refractivity contribution in [2.45, 2.75) is 29.7 Å². The smallest absolute Gasteiger partial charge is 0.329 e. The highest BCUT2D eigenvalue weighted by Crippen LogP contribution is 2.74. The van der Waals surface area contributed by atoms with E-state index in [0.29, 0.717) is 0 Å². The van der Waals surface area contributed by atoms with Crippen LogP contribution in [0.1, 0.15) is 24.8 Å². The van der Waals surface area contributed by atoms with Gasteiger partial charge in [0.1, 0.15) is 5.60 Å². The van der Waals surface area contributed by atoms with Crippen LogP contribution in [-0.4, -0.2) is 10.8 Å². The van der Waals surface area contributed by atoms with Crippen molar-refractivity contribution in [3.63, 3.8) is 0 Å². The van der Waals surface area contributed by atoms with E-state index in [1.54, 1.807) is 0 Å². The lowest BCUT2D eigenvalue weighted by Crippen LogP contribution is -2.66. The van der Waals surface area contributed by atoms with Crippen LogP contribution >= 0.6 is 11.6 Å². The molecular weight excluding hydrogens is 236 g/mol. The van der Waals surface area contributed by atoms with E-state index in [4.69, 9.17) is 16.3 Å². The van der Waals surface area contributed by atoms with Crippen molar-refractivity contribution in [1.29, 1.82) is 0 Å². The molecule has 88 valence electrons. The molecule has 0 unspecified atom stereocenters. The van der Waals surface area contributed by atoms with Gasteiger partial charge < -0.3 is 4.74 Å². The Bertz CT molecular complexity index is 484. The molecule has 1 aromatic carbocycles. The van der Waals surface area contributed by atoms with Crippen molar-refractivity contribution < 1.29 is 9.53 Å². The molecule has 0 spiro atoms. The van der Waals surface area contributed by atoms with E-state index in [1.165, 1.54) is 0 Å². The van der Waals surface area contributed by atoms with E-state index < -0.39 is 10.5 Å². The third-order valence-electron chi connectivity index (χ3n) is 4.83. The molecule has 4 bridgehead atoms. The molecule has 4 fully saturated rings. The van der Waals surface area contributed by atoms with Gasteiger partial charge in [-0.2, -0.15) is 0 Å². The largest absolute Gasteiger partial charge is 0.452 e. The van der Waals surface area contributed by atoms with Crippen LogP contribution in [0.4, 0.5) is 0 Å². The van der Waals surface area contributed by atoms with Gasteiger partial charge in [-0.15, -0.1) is 11.6 Å². The summed E-state index contributed by atoms with van der Waals surface area (Å²) in [5.74, 6) is 0.147. The number of esters is 1. The second kappa shape index (κ2) is 2.86. The predicted molar refractivity (Wildman–Crippen MR) is 63.6 cm³/mol. The fourth-order valence-corrected chi connectivity index (χ4v) is 4.79. The van der Waals surface area contributed by atoms with Gasteiger partial charge in [-0.25, -0.2) is 0 Å². The number of alkyl halides is 1. The van der Waals surface area contributed by atoms with E-state index in [1.807, 2.05) is 18.2 Å². The summed E-state index contributed by atoms with van der Waals surface area (Å²) in [6.07, 6.45) is 3.16. The van der Waals surface area contributed by atoms with Gasteiger partial charge >= 0.3 is 5.97 Å². The van der Waals surface area contributed by atoms with E-state index in [2.05, 4.69) is 12.1 Å².